The highest BCUT2D eigenvalue weighted by Crippen LogP contribution is 2.22. The Hall–Kier alpha value is -2.04. The molecule has 2 N–H and O–H groups in total. The van der Waals surface area contributed by atoms with Gasteiger partial charge in [0.05, 0.1) is 6.42 Å². The SMILES string of the molecule is O=C(O)CCC1CCN(C(=O)Cc2cccc(O)c2)CC1. The predicted octanol–water partition coefficient (Wildman–Crippen LogP) is 2.04. The van der Waals surface area contributed by atoms with Crippen LogP contribution in [0.25, 0.3) is 0 Å². The summed E-state index contributed by atoms with van der Waals surface area (Å²) in [4.78, 5) is 24.6. The molecule has 1 heterocycles. The number of nitrogens with zero attached hydrogens (tertiary/aromatic N) is 1. The summed E-state index contributed by atoms with van der Waals surface area (Å²) in [5.74, 6) is -0.103. The number of piperidine rings is 1. The fourth-order valence-corrected chi connectivity index (χ4v) is 2.75. The van der Waals surface area contributed by atoms with E-state index in [9.17, 15) is 14.7 Å². The Balaban J connectivity index is 1.79. The number of phenols is 1. The van der Waals surface area contributed by atoms with Crippen LogP contribution in [0.15, 0.2) is 24.3 Å². The molecule has 5 nitrogen and oxygen atoms in total. The monoisotopic (exact) mass is 291 g/mol. The van der Waals surface area contributed by atoms with Crippen LogP contribution in [0.2, 0.25) is 0 Å². The third-order valence-corrected chi connectivity index (χ3v) is 4.00. The van der Waals surface area contributed by atoms with Gasteiger partial charge in [0.25, 0.3) is 0 Å². The lowest BCUT2D eigenvalue weighted by Gasteiger charge is -2.32. The van der Waals surface area contributed by atoms with Crippen molar-refractivity contribution < 1.29 is 19.8 Å². The van der Waals surface area contributed by atoms with Crippen LogP contribution in [-0.4, -0.2) is 40.1 Å². The van der Waals surface area contributed by atoms with Crippen LogP contribution in [0.5, 0.6) is 5.75 Å². The van der Waals surface area contributed by atoms with Crippen molar-refractivity contribution in [2.24, 2.45) is 5.92 Å². The number of carbonyl (C=O) groups excluding carboxylic acids is 1. The molecule has 1 saturated heterocycles. The Morgan fingerprint density at radius 2 is 1.95 bits per heavy atom. The summed E-state index contributed by atoms with van der Waals surface area (Å²) < 4.78 is 0. The van der Waals surface area contributed by atoms with E-state index in [2.05, 4.69) is 0 Å². The molecule has 0 radical (unpaired) electrons. The molecule has 21 heavy (non-hydrogen) atoms. The first kappa shape index (κ1) is 15.4. The lowest BCUT2D eigenvalue weighted by Crippen LogP contribution is -2.39. The zero-order valence-electron chi connectivity index (χ0n) is 12.0. The highest BCUT2D eigenvalue weighted by Gasteiger charge is 2.23. The number of rotatable bonds is 5. The van der Waals surface area contributed by atoms with E-state index in [-0.39, 0.29) is 18.1 Å². The van der Waals surface area contributed by atoms with Crippen LogP contribution in [0.1, 0.15) is 31.2 Å². The molecule has 0 spiro atoms. The number of aliphatic carboxylic acids is 1. The Morgan fingerprint density at radius 1 is 1.24 bits per heavy atom. The molecular weight excluding hydrogens is 270 g/mol. The molecule has 5 heteroatoms. The normalized spacial score (nSPS) is 15.9. The van der Waals surface area contributed by atoms with Crippen molar-refractivity contribution >= 4 is 11.9 Å². The summed E-state index contributed by atoms with van der Waals surface area (Å²) in [5, 5.41) is 18.1. The number of hydrogen-bond acceptors (Lipinski definition) is 3. The summed E-state index contributed by atoms with van der Waals surface area (Å²) >= 11 is 0. The Morgan fingerprint density at radius 3 is 2.57 bits per heavy atom. The summed E-state index contributed by atoms with van der Waals surface area (Å²) in [5.41, 5.74) is 0.813. The lowest BCUT2D eigenvalue weighted by molar-refractivity contribution is -0.138. The molecule has 0 atom stereocenters. The summed E-state index contributed by atoms with van der Waals surface area (Å²) in [6.45, 7) is 1.39. The maximum absolute atomic E-state index is 12.2. The molecule has 0 saturated carbocycles. The molecule has 0 unspecified atom stereocenters. The summed E-state index contributed by atoms with van der Waals surface area (Å²) in [6, 6.07) is 6.76. The zero-order chi connectivity index (χ0) is 15.2. The number of benzene rings is 1. The molecule has 1 aromatic rings. The van der Waals surface area contributed by atoms with Crippen molar-refractivity contribution in [1.29, 1.82) is 0 Å². The highest BCUT2D eigenvalue weighted by molar-refractivity contribution is 5.79. The minimum absolute atomic E-state index is 0.0669. The van der Waals surface area contributed by atoms with E-state index < -0.39 is 5.97 Å². The molecule has 1 aliphatic heterocycles. The molecule has 1 amide bonds. The van der Waals surface area contributed by atoms with Gasteiger partial charge in [0.1, 0.15) is 5.75 Å². The lowest BCUT2D eigenvalue weighted by atomic mass is 9.92. The molecular formula is C16H21NO4. The summed E-state index contributed by atoms with van der Waals surface area (Å²) in [7, 11) is 0. The van der Waals surface area contributed by atoms with Crippen LogP contribution in [0.3, 0.4) is 0 Å². The second-order valence-corrected chi connectivity index (χ2v) is 5.60. The second-order valence-electron chi connectivity index (χ2n) is 5.60. The van der Waals surface area contributed by atoms with Gasteiger partial charge in [0, 0.05) is 19.5 Å². The van der Waals surface area contributed by atoms with E-state index in [0.29, 0.717) is 31.8 Å². The predicted molar refractivity (Wildman–Crippen MR) is 78.0 cm³/mol. The van der Waals surface area contributed by atoms with Crippen LogP contribution in [-0.2, 0) is 16.0 Å². The number of aromatic hydroxyl groups is 1. The minimum atomic E-state index is -0.752. The number of carboxylic acid groups (broad SMARTS) is 1. The van der Waals surface area contributed by atoms with Gasteiger partial charge < -0.3 is 15.1 Å². The van der Waals surface area contributed by atoms with Crippen molar-refractivity contribution in [2.45, 2.75) is 32.1 Å². The van der Waals surface area contributed by atoms with Crippen LogP contribution >= 0.6 is 0 Å². The smallest absolute Gasteiger partial charge is 0.303 e. The van der Waals surface area contributed by atoms with Gasteiger partial charge >= 0.3 is 5.97 Å². The van der Waals surface area contributed by atoms with E-state index in [1.165, 1.54) is 0 Å². The quantitative estimate of drug-likeness (QED) is 0.870. The topological polar surface area (TPSA) is 77.8 Å². The van der Waals surface area contributed by atoms with Gasteiger partial charge in [-0.1, -0.05) is 12.1 Å². The van der Waals surface area contributed by atoms with Gasteiger partial charge in [0.15, 0.2) is 0 Å². The van der Waals surface area contributed by atoms with Crippen LogP contribution in [0.4, 0.5) is 0 Å². The number of carboxylic acids is 1. The maximum Gasteiger partial charge on any atom is 0.303 e. The van der Waals surface area contributed by atoms with Gasteiger partial charge in [0.2, 0.25) is 5.91 Å². The minimum Gasteiger partial charge on any atom is -0.508 e. The van der Waals surface area contributed by atoms with Crippen molar-refractivity contribution in [3.8, 4) is 5.75 Å². The number of hydrogen-bond donors (Lipinski definition) is 2. The number of amides is 1. The number of phenolic OH excluding ortho intramolecular Hbond substituents is 1. The first-order chi connectivity index (χ1) is 10.0. The Bertz CT molecular complexity index is 507. The molecule has 1 aromatic carbocycles. The average molecular weight is 291 g/mol. The largest absolute Gasteiger partial charge is 0.508 e. The second kappa shape index (κ2) is 7.11. The molecule has 1 aliphatic rings. The van der Waals surface area contributed by atoms with E-state index in [1.807, 2.05) is 11.0 Å². The van der Waals surface area contributed by atoms with Gasteiger partial charge in [-0.25, -0.2) is 0 Å². The van der Waals surface area contributed by atoms with Crippen molar-refractivity contribution in [3.63, 3.8) is 0 Å². The first-order valence-electron chi connectivity index (χ1n) is 7.32. The van der Waals surface area contributed by atoms with Crippen molar-refractivity contribution in [3.05, 3.63) is 29.8 Å². The van der Waals surface area contributed by atoms with E-state index in [1.54, 1.807) is 18.2 Å². The first-order valence-corrected chi connectivity index (χ1v) is 7.32. The van der Waals surface area contributed by atoms with Crippen molar-refractivity contribution in [1.82, 2.24) is 4.90 Å². The van der Waals surface area contributed by atoms with Gasteiger partial charge in [-0.2, -0.15) is 0 Å². The van der Waals surface area contributed by atoms with Gasteiger partial charge in [-0.15, -0.1) is 0 Å². The highest BCUT2D eigenvalue weighted by atomic mass is 16.4. The van der Waals surface area contributed by atoms with Gasteiger partial charge in [-0.3, -0.25) is 9.59 Å². The third kappa shape index (κ3) is 4.77. The number of likely N-dealkylation sites (tertiary alicyclic amines) is 1. The third-order valence-electron chi connectivity index (χ3n) is 4.00. The van der Waals surface area contributed by atoms with E-state index >= 15 is 0 Å². The molecule has 2 rings (SSSR count). The van der Waals surface area contributed by atoms with E-state index in [0.717, 1.165) is 18.4 Å². The fraction of sp³-hybridized carbons (Fsp3) is 0.500. The molecule has 1 fully saturated rings. The van der Waals surface area contributed by atoms with Crippen LogP contribution in [0, 0.1) is 5.92 Å². The molecule has 0 aliphatic carbocycles. The Kier molecular flexibility index (Phi) is 5.20. The van der Waals surface area contributed by atoms with Crippen molar-refractivity contribution in [2.75, 3.05) is 13.1 Å². The standard InChI is InChI=1S/C16H21NO4/c18-14-3-1-2-13(10-14)11-15(19)17-8-6-12(7-9-17)4-5-16(20)21/h1-3,10,12,18H,4-9,11H2,(H,20,21). The number of carbonyl (C=O) groups is 2. The van der Waals surface area contributed by atoms with Gasteiger partial charge in [-0.05, 0) is 42.9 Å². The average Bonchev–Trinajstić information content (AvgIpc) is 2.45. The molecule has 0 aromatic heterocycles. The van der Waals surface area contributed by atoms with E-state index in [4.69, 9.17) is 5.11 Å². The fourth-order valence-electron chi connectivity index (χ4n) is 2.75. The zero-order valence-corrected chi connectivity index (χ0v) is 12.0. The molecule has 0 bridgehead atoms. The summed E-state index contributed by atoms with van der Waals surface area (Å²) in [6.07, 6.45) is 2.96. The van der Waals surface area contributed by atoms with Crippen LogP contribution < -0.4 is 0 Å². The maximum atomic E-state index is 12.2. The molecule has 114 valence electrons. The Labute approximate surface area is 124 Å².